The molecule has 2 aromatic carbocycles. The van der Waals surface area contributed by atoms with Crippen LogP contribution in [0.1, 0.15) is 5.56 Å². The molecule has 0 aromatic heterocycles. The van der Waals surface area contributed by atoms with Gasteiger partial charge < -0.3 is 15.4 Å². The first kappa shape index (κ1) is 22.8. The van der Waals surface area contributed by atoms with Crippen LogP contribution in [0.5, 0.6) is 0 Å². The molecular formula is C24H29N5O4. The number of ether oxygens (including phenoxy) is 1. The summed E-state index contributed by atoms with van der Waals surface area (Å²) in [5.41, 5.74) is 2.12. The number of benzene rings is 2. The molecule has 0 aliphatic carbocycles. The SMILES string of the molecule is O=C(CN1C(=O)CN(C(=O)NCc2ccccc2)c2ccccc21)NCCN1CCOCC1. The van der Waals surface area contributed by atoms with Crippen LogP contribution < -0.4 is 20.4 Å². The summed E-state index contributed by atoms with van der Waals surface area (Å²) in [4.78, 5) is 43.4. The Labute approximate surface area is 193 Å². The van der Waals surface area contributed by atoms with Crippen molar-refractivity contribution >= 4 is 29.2 Å². The monoisotopic (exact) mass is 451 g/mol. The summed E-state index contributed by atoms with van der Waals surface area (Å²) < 4.78 is 5.33. The van der Waals surface area contributed by atoms with E-state index in [0.29, 0.717) is 37.7 Å². The van der Waals surface area contributed by atoms with Crippen molar-refractivity contribution < 1.29 is 19.1 Å². The predicted octanol–water partition coefficient (Wildman–Crippen LogP) is 1.20. The lowest BCUT2D eigenvalue weighted by Gasteiger charge is -2.35. The van der Waals surface area contributed by atoms with E-state index in [1.807, 2.05) is 36.4 Å². The fraction of sp³-hybridized carbons (Fsp3) is 0.375. The normalized spacial score (nSPS) is 16.3. The van der Waals surface area contributed by atoms with E-state index < -0.39 is 0 Å². The summed E-state index contributed by atoms with van der Waals surface area (Å²) in [6.07, 6.45) is 0. The molecule has 0 spiro atoms. The lowest BCUT2D eigenvalue weighted by Crippen LogP contribution is -2.53. The largest absolute Gasteiger partial charge is 0.379 e. The first-order chi connectivity index (χ1) is 16.1. The van der Waals surface area contributed by atoms with Crippen LogP contribution in [0.2, 0.25) is 0 Å². The van der Waals surface area contributed by atoms with Gasteiger partial charge in [-0.1, -0.05) is 42.5 Å². The standard InChI is InChI=1S/C24H29N5O4/c30-22(25-10-11-27-12-14-33-15-13-27)17-28-20-8-4-5-9-21(20)29(18-23(28)31)24(32)26-16-19-6-2-1-3-7-19/h1-9H,10-18H2,(H,25,30)(H,26,32). The van der Waals surface area contributed by atoms with E-state index in [2.05, 4.69) is 15.5 Å². The second-order valence-corrected chi connectivity index (χ2v) is 8.00. The van der Waals surface area contributed by atoms with Crippen molar-refractivity contribution in [3.63, 3.8) is 0 Å². The molecule has 0 unspecified atom stereocenters. The quantitative estimate of drug-likeness (QED) is 0.660. The summed E-state index contributed by atoms with van der Waals surface area (Å²) in [5.74, 6) is -0.528. The minimum atomic E-state index is -0.353. The smallest absolute Gasteiger partial charge is 0.322 e. The number of nitrogens with one attached hydrogen (secondary N) is 2. The predicted molar refractivity (Wildman–Crippen MR) is 125 cm³/mol. The molecular weight excluding hydrogens is 422 g/mol. The van der Waals surface area contributed by atoms with Crippen LogP contribution in [0.25, 0.3) is 0 Å². The van der Waals surface area contributed by atoms with E-state index in [9.17, 15) is 14.4 Å². The number of morpholine rings is 1. The Bertz CT molecular complexity index is 978. The summed E-state index contributed by atoms with van der Waals surface area (Å²) in [5, 5.41) is 5.76. The highest BCUT2D eigenvalue weighted by molar-refractivity contribution is 6.12. The van der Waals surface area contributed by atoms with Gasteiger partial charge >= 0.3 is 6.03 Å². The molecule has 9 nitrogen and oxygen atoms in total. The Morgan fingerprint density at radius 3 is 2.36 bits per heavy atom. The van der Waals surface area contributed by atoms with E-state index in [1.54, 1.807) is 18.2 Å². The van der Waals surface area contributed by atoms with Gasteiger partial charge in [0.05, 0.1) is 24.6 Å². The lowest BCUT2D eigenvalue weighted by molar-refractivity contribution is -0.123. The van der Waals surface area contributed by atoms with Crippen molar-refractivity contribution in [1.82, 2.24) is 15.5 Å². The third-order valence-electron chi connectivity index (χ3n) is 5.75. The van der Waals surface area contributed by atoms with Gasteiger partial charge in [0.15, 0.2) is 0 Å². The molecule has 2 N–H and O–H groups in total. The van der Waals surface area contributed by atoms with Gasteiger partial charge in [0.2, 0.25) is 11.8 Å². The average molecular weight is 452 g/mol. The van der Waals surface area contributed by atoms with Crippen LogP contribution in [0.4, 0.5) is 16.2 Å². The minimum Gasteiger partial charge on any atom is -0.379 e. The molecule has 174 valence electrons. The molecule has 0 bridgehead atoms. The molecule has 0 atom stereocenters. The maximum atomic E-state index is 12.9. The highest BCUT2D eigenvalue weighted by Crippen LogP contribution is 2.33. The lowest BCUT2D eigenvalue weighted by atomic mass is 10.1. The van der Waals surface area contributed by atoms with Gasteiger partial charge in [-0.05, 0) is 17.7 Å². The summed E-state index contributed by atoms with van der Waals surface area (Å²) in [6.45, 7) is 4.54. The van der Waals surface area contributed by atoms with Gasteiger partial charge in [-0.15, -0.1) is 0 Å². The van der Waals surface area contributed by atoms with Crippen molar-refractivity contribution in [1.29, 1.82) is 0 Å². The third-order valence-corrected chi connectivity index (χ3v) is 5.75. The summed E-state index contributed by atoms with van der Waals surface area (Å²) in [7, 11) is 0. The van der Waals surface area contributed by atoms with Gasteiger partial charge in [0.25, 0.3) is 0 Å². The van der Waals surface area contributed by atoms with Crippen molar-refractivity contribution in [3.05, 3.63) is 60.2 Å². The van der Waals surface area contributed by atoms with Crippen LogP contribution in [-0.2, 0) is 20.9 Å². The second kappa shape index (κ2) is 10.9. The highest BCUT2D eigenvalue weighted by atomic mass is 16.5. The first-order valence-corrected chi connectivity index (χ1v) is 11.2. The van der Waals surface area contributed by atoms with Crippen molar-refractivity contribution in [3.8, 4) is 0 Å². The summed E-state index contributed by atoms with van der Waals surface area (Å²) in [6, 6.07) is 16.4. The third kappa shape index (κ3) is 5.88. The molecule has 0 saturated carbocycles. The van der Waals surface area contributed by atoms with Gasteiger partial charge in [-0.25, -0.2) is 4.79 Å². The van der Waals surface area contributed by atoms with E-state index in [1.165, 1.54) is 9.80 Å². The molecule has 9 heteroatoms. The zero-order valence-electron chi connectivity index (χ0n) is 18.5. The zero-order chi connectivity index (χ0) is 23.0. The van der Waals surface area contributed by atoms with Gasteiger partial charge in [0.1, 0.15) is 13.1 Å². The average Bonchev–Trinajstić information content (AvgIpc) is 2.85. The highest BCUT2D eigenvalue weighted by Gasteiger charge is 2.33. The Kier molecular flexibility index (Phi) is 7.54. The van der Waals surface area contributed by atoms with Gasteiger partial charge in [-0.3, -0.25) is 24.3 Å². The van der Waals surface area contributed by atoms with E-state index >= 15 is 0 Å². The molecule has 2 heterocycles. The fourth-order valence-electron chi connectivity index (χ4n) is 3.96. The number of rotatable bonds is 7. The number of para-hydroxylation sites is 2. The van der Waals surface area contributed by atoms with Crippen LogP contribution >= 0.6 is 0 Å². The molecule has 33 heavy (non-hydrogen) atoms. The number of carbonyl (C=O) groups is 3. The molecule has 2 aromatic rings. The number of urea groups is 1. The molecule has 1 fully saturated rings. The van der Waals surface area contributed by atoms with Crippen LogP contribution in [0.15, 0.2) is 54.6 Å². The number of amides is 4. The molecule has 4 rings (SSSR count). The van der Waals surface area contributed by atoms with Gasteiger partial charge in [-0.2, -0.15) is 0 Å². The maximum absolute atomic E-state index is 12.9. The summed E-state index contributed by atoms with van der Waals surface area (Å²) >= 11 is 0. The number of carbonyl (C=O) groups excluding carboxylic acids is 3. The number of hydrogen-bond acceptors (Lipinski definition) is 5. The van der Waals surface area contributed by atoms with E-state index in [-0.39, 0.29) is 30.9 Å². The van der Waals surface area contributed by atoms with Crippen LogP contribution in [-0.4, -0.2) is 75.2 Å². The Morgan fingerprint density at radius 1 is 0.909 bits per heavy atom. The number of fused-ring (bicyclic) bond motifs is 1. The minimum absolute atomic E-state index is 0.0849. The first-order valence-electron chi connectivity index (χ1n) is 11.2. The van der Waals surface area contributed by atoms with Crippen LogP contribution in [0.3, 0.4) is 0 Å². The molecule has 0 radical (unpaired) electrons. The van der Waals surface area contributed by atoms with Gasteiger partial charge in [0, 0.05) is 32.7 Å². The zero-order valence-corrected chi connectivity index (χ0v) is 18.5. The van der Waals surface area contributed by atoms with E-state index in [4.69, 9.17) is 4.74 Å². The van der Waals surface area contributed by atoms with Crippen molar-refractivity contribution in [2.24, 2.45) is 0 Å². The Hall–Kier alpha value is -3.43. The van der Waals surface area contributed by atoms with E-state index in [0.717, 1.165) is 25.2 Å². The second-order valence-electron chi connectivity index (χ2n) is 8.00. The molecule has 2 aliphatic heterocycles. The fourth-order valence-corrected chi connectivity index (χ4v) is 3.96. The van der Waals surface area contributed by atoms with Crippen molar-refractivity contribution in [2.45, 2.75) is 6.54 Å². The number of anilines is 2. The molecule has 1 saturated heterocycles. The van der Waals surface area contributed by atoms with Crippen molar-refractivity contribution in [2.75, 3.05) is 62.3 Å². The maximum Gasteiger partial charge on any atom is 0.322 e. The Morgan fingerprint density at radius 2 is 1.61 bits per heavy atom. The Balaban J connectivity index is 1.36. The van der Waals surface area contributed by atoms with Crippen LogP contribution in [0, 0.1) is 0 Å². The molecule has 2 aliphatic rings. The molecule has 4 amide bonds. The number of nitrogens with zero attached hydrogens (tertiary/aromatic N) is 3. The number of hydrogen-bond donors (Lipinski definition) is 2. The topological polar surface area (TPSA) is 94.2 Å².